The number of sulfonamides is 1. The largest absolute Gasteiger partial charge is 0.451 e. The van der Waals surface area contributed by atoms with Crippen LogP contribution in [0.2, 0.25) is 0 Å². The van der Waals surface area contributed by atoms with Crippen LogP contribution in [-0.4, -0.2) is 32.8 Å². The molecule has 0 bridgehead atoms. The van der Waals surface area contributed by atoms with Crippen molar-refractivity contribution in [3.8, 4) is 0 Å². The van der Waals surface area contributed by atoms with Crippen LogP contribution in [0.1, 0.15) is 39.9 Å². The lowest BCUT2D eigenvalue weighted by Crippen LogP contribution is -2.28. The van der Waals surface area contributed by atoms with Crippen LogP contribution < -0.4 is 10.0 Å². The lowest BCUT2D eigenvalue weighted by Gasteiger charge is -2.08. The van der Waals surface area contributed by atoms with Gasteiger partial charge >= 0.3 is 5.97 Å². The predicted molar refractivity (Wildman–Crippen MR) is 107 cm³/mol. The van der Waals surface area contributed by atoms with Crippen molar-refractivity contribution in [1.29, 1.82) is 0 Å². The van der Waals surface area contributed by atoms with Crippen molar-refractivity contribution < 1.29 is 27.5 Å². The van der Waals surface area contributed by atoms with Gasteiger partial charge in [-0.1, -0.05) is 0 Å². The predicted octanol–water partition coefficient (Wildman–Crippen LogP) is 2.25. The summed E-state index contributed by atoms with van der Waals surface area (Å²) in [5.74, 6) is -1.77. The van der Waals surface area contributed by atoms with E-state index >= 15 is 0 Å². The number of hydrogen-bond donors (Lipinski definition) is 2. The molecule has 1 heterocycles. The van der Waals surface area contributed by atoms with Crippen molar-refractivity contribution in [2.75, 3.05) is 11.9 Å². The van der Waals surface area contributed by atoms with Crippen molar-refractivity contribution in [3.63, 3.8) is 0 Å². The van der Waals surface area contributed by atoms with E-state index in [4.69, 9.17) is 4.74 Å². The molecule has 154 valence electrons. The summed E-state index contributed by atoms with van der Waals surface area (Å²) in [4.78, 5) is 36.7. The van der Waals surface area contributed by atoms with E-state index in [1.165, 1.54) is 46.0 Å². The Labute approximate surface area is 172 Å². The fraction of sp³-hybridized carbons (Fsp3) is 0.316. The first-order valence-electron chi connectivity index (χ1n) is 8.96. The Balaban J connectivity index is 1.53. The third kappa shape index (κ3) is 5.42. The average Bonchev–Trinajstić information content (AvgIpc) is 3.10. The van der Waals surface area contributed by atoms with Crippen molar-refractivity contribution in [2.45, 2.75) is 37.5 Å². The van der Waals surface area contributed by atoms with Crippen LogP contribution in [0.15, 0.2) is 35.2 Å². The molecule has 0 atom stereocenters. The SMILES string of the molecule is CC(=O)NS(=O)(=O)c1ccc(NC(=O)COC(=O)c2cc3c(s2)CCCC3)cc1. The zero-order valence-electron chi connectivity index (χ0n) is 15.7. The number of carbonyl (C=O) groups excluding carboxylic acids is 3. The highest BCUT2D eigenvalue weighted by molar-refractivity contribution is 7.90. The minimum Gasteiger partial charge on any atom is -0.451 e. The van der Waals surface area contributed by atoms with Crippen LogP contribution in [0.5, 0.6) is 0 Å². The van der Waals surface area contributed by atoms with E-state index in [9.17, 15) is 22.8 Å². The fourth-order valence-electron chi connectivity index (χ4n) is 2.96. The van der Waals surface area contributed by atoms with Crippen LogP contribution in [0.25, 0.3) is 0 Å². The fourth-order valence-corrected chi connectivity index (χ4v) is 5.09. The number of amides is 2. The van der Waals surface area contributed by atoms with E-state index in [-0.39, 0.29) is 4.90 Å². The van der Waals surface area contributed by atoms with Gasteiger partial charge in [0.05, 0.1) is 4.90 Å². The minimum absolute atomic E-state index is 0.112. The normalized spacial score (nSPS) is 13.3. The van der Waals surface area contributed by atoms with Crippen LogP contribution >= 0.6 is 11.3 Å². The second-order valence-electron chi connectivity index (χ2n) is 6.58. The molecule has 2 amide bonds. The number of fused-ring (bicyclic) bond motifs is 1. The molecule has 0 radical (unpaired) electrons. The molecule has 0 aliphatic heterocycles. The van der Waals surface area contributed by atoms with Crippen molar-refractivity contribution in [2.24, 2.45) is 0 Å². The lowest BCUT2D eigenvalue weighted by atomic mass is 9.99. The topological polar surface area (TPSA) is 119 Å². The molecule has 0 saturated carbocycles. The molecule has 2 aromatic rings. The molecule has 2 N–H and O–H groups in total. The monoisotopic (exact) mass is 436 g/mol. The molecule has 1 aliphatic rings. The smallest absolute Gasteiger partial charge is 0.348 e. The van der Waals surface area contributed by atoms with Gasteiger partial charge in [0.2, 0.25) is 5.91 Å². The van der Waals surface area contributed by atoms with Crippen LogP contribution in [0.3, 0.4) is 0 Å². The molecular weight excluding hydrogens is 416 g/mol. The molecule has 1 aromatic heterocycles. The number of thiophene rings is 1. The summed E-state index contributed by atoms with van der Waals surface area (Å²) in [7, 11) is -3.94. The summed E-state index contributed by atoms with van der Waals surface area (Å²) < 4.78 is 30.7. The molecule has 1 aliphatic carbocycles. The summed E-state index contributed by atoms with van der Waals surface area (Å²) >= 11 is 1.41. The number of benzene rings is 1. The average molecular weight is 437 g/mol. The highest BCUT2D eigenvalue weighted by Gasteiger charge is 2.19. The molecule has 1 aromatic carbocycles. The molecule has 8 nitrogen and oxygen atoms in total. The second kappa shape index (κ2) is 8.75. The zero-order chi connectivity index (χ0) is 21.0. The first-order chi connectivity index (χ1) is 13.7. The Kier molecular flexibility index (Phi) is 6.33. The number of nitrogens with one attached hydrogen (secondary N) is 2. The van der Waals surface area contributed by atoms with E-state index in [1.54, 1.807) is 0 Å². The summed E-state index contributed by atoms with van der Waals surface area (Å²) in [5, 5.41) is 2.52. The number of ether oxygens (including phenoxy) is 1. The maximum Gasteiger partial charge on any atom is 0.348 e. The third-order valence-corrected chi connectivity index (χ3v) is 6.92. The summed E-state index contributed by atoms with van der Waals surface area (Å²) in [6.07, 6.45) is 4.18. The van der Waals surface area contributed by atoms with Gasteiger partial charge in [-0.3, -0.25) is 9.59 Å². The molecule has 0 saturated heterocycles. The van der Waals surface area contributed by atoms with Crippen molar-refractivity contribution >= 4 is 44.8 Å². The molecule has 10 heteroatoms. The van der Waals surface area contributed by atoms with E-state index in [1.807, 2.05) is 10.8 Å². The minimum atomic E-state index is -3.94. The van der Waals surface area contributed by atoms with Gasteiger partial charge in [0.1, 0.15) is 4.88 Å². The molecule has 0 spiro atoms. The van der Waals surface area contributed by atoms with Gasteiger partial charge in [0.25, 0.3) is 15.9 Å². The number of carbonyl (C=O) groups is 3. The van der Waals surface area contributed by atoms with Crippen LogP contribution in [0, 0.1) is 0 Å². The van der Waals surface area contributed by atoms with Gasteiger partial charge in [-0.15, -0.1) is 11.3 Å². The van der Waals surface area contributed by atoms with E-state index < -0.39 is 34.4 Å². The van der Waals surface area contributed by atoms with Crippen molar-refractivity contribution in [1.82, 2.24) is 4.72 Å². The van der Waals surface area contributed by atoms with Crippen LogP contribution in [-0.2, 0) is 37.2 Å². The maximum atomic E-state index is 12.2. The van der Waals surface area contributed by atoms with Gasteiger partial charge in [-0.2, -0.15) is 0 Å². The Morgan fingerprint density at radius 1 is 1.10 bits per heavy atom. The van der Waals surface area contributed by atoms with Crippen molar-refractivity contribution in [3.05, 3.63) is 45.6 Å². The lowest BCUT2D eigenvalue weighted by molar-refractivity contribution is -0.119. The van der Waals surface area contributed by atoms with Gasteiger partial charge in [-0.05, 0) is 61.6 Å². The Morgan fingerprint density at radius 3 is 2.45 bits per heavy atom. The van der Waals surface area contributed by atoms with E-state index in [0.29, 0.717) is 10.6 Å². The molecule has 29 heavy (non-hydrogen) atoms. The molecular formula is C19H20N2O6S2. The third-order valence-electron chi connectivity index (χ3n) is 4.26. The number of aryl methyl sites for hydroxylation is 2. The van der Waals surface area contributed by atoms with Gasteiger partial charge in [0, 0.05) is 17.5 Å². The quantitative estimate of drug-likeness (QED) is 0.671. The van der Waals surface area contributed by atoms with E-state index in [2.05, 4.69) is 5.32 Å². The Hall–Kier alpha value is -2.72. The standard InChI is InChI=1S/C19H20N2O6S2/c1-12(22)21-29(25,26)15-8-6-14(7-9-15)20-18(23)11-27-19(24)17-10-13-4-2-3-5-16(13)28-17/h6-10H,2-5,11H2,1H3,(H,20,23)(H,21,22). The number of esters is 1. The first-order valence-corrected chi connectivity index (χ1v) is 11.3. The second-order valence-corrected chi connectivity index (χ2v) is 9.40. The van der Waals surface area contributed by atoms with Gasteiger partial charge < -0.3 is 10.1 Å². The van der Waals surface area contributed by atoms with Gasteiger partial charge in [0.15, 0.2) is 6.61 Å². The number of anilines is 1. The van der Waals surface area contributed by atoms with Gasteiger partial charge in [-0.25, -0.2) is 17.9 Å². The van der Waals surface area contributed by atoms with Crippen LogP contribution in [0.4, 0.5) is 5.69 Å². The number of hydrogen-bond acceptors (Lipinski definition) is 7. The zero-order valence-corrected chi connectivity index (χ0v) is 17.3. The maximum absolute atomic E-state index is 12.2. The highest BCUT2D eigenvalue weighted by atomic mass is 32.2. The molecule has 0 unspecified atom stereocenters. The molecule has 3 rings (SSSR count). The first kappa shape index (κ1) is 21.0. The summed E-state index contributed by atoms with van der Waals surface area (Å²) in [6, 6.07) is 7.10. The summed E-state index contributed by atoms with van der Waals surface area (Å²) in [6.45, 7) is 0.645. The molecule has 0 fully saturated rings. The highest BCUT2D eigenvalue weighted by Crippen LogP contribution is 2.30. The van der Waals surface area contributed by atoms with E-state index in [0.717, 1.165) is 32.6 Å². The Bertz CT molecular complexity index is 1020. The summed E-state index contributed by atoms with van der Waals surface area (Å²) in [5.41, 5.74) is 1.52. The Morgan fingerprint density at radius 2 is 1.79 bits per heavy atom. The number of rotatable bonds is 6.